The highest BCUT2D eigenvalue weighted by molar-refractivity contribution is 6.14. The van der Waals surface area contributed by atoms with Crippen molar-refractivity contribution in [3.8, 4) is 79.2 Å². The van der Waals surface area contributed by atoms with Gasteiger partial charge in [-0.25, -0.2) is 19.9 Å². The van der Waals surface area contributed by atoms with Crippen LogP contribution in [0, 0.1) is 0 Å². The van der Waals surface area contributed by atoms with Gasteiger partial charge in [0, 0.05) is 66.3 Å². The summed E-state index contributed by atoms with van der Waals surface area (Å²) in [6, 6.07) is 84.7. The number of fused-ring (bicyclic) bond motifs is 7. The fourth-order valence-electron chi connectivity index (χ4n) is 10.5. The Bertz CT molecular complexity index is 4240. The molecule has 0 fully saturated rings. The van der Waals surface area contributed by atoms with Crippen molar-refractivity contribution in [3.05, 3.63) is 243 Å². The number of nitrogens with zero attached hydrogens (tertiary/aromatic N) is 6. The van der Waals surface area contributed by atoms with Crippen LogP contribution in [0.25, 0.3) is 134 Å². The lowest BCUT2D eigenvalue weighted by molar-refractivity contribution is 0.620. The van der Waals surface area contributed by atoms with Crippen molar-refractivity contribution in [1.82, 2.24) is 29.1 Å². The van der Waals surface area contributed by atoms with Crippen LogP contribution < -0.4 is 0 Å². The van der Waals surface area contributed by atoms with E-state index in [4.69, 9.17) is 24.4 Å². The van der Waals surface area contributed by atoms with E-state index in [-0.39, 0.29) is 0 Å². The highest BCUT2D eigenvalue weighted by Crippen LogP contribution is 2.48. The summed E-state index contributed by atoms with van der Waals surface area (Å²) in [5, 5.41) is 4.56. The molecule has 4 aromatic heterocycles. The van der Waals surface area contributed by atoms with Crippen molar-refractivity contribution in [1.29, 1.82) is 0 Å². The Morgan fingerprint density at radius 2 is 0.718 bits per heavy atom. The minimum atomic E-state index is 0.521. The summed E-state index contributed by atoms with van der Waals surface area (Å²) in [5.74, 6) is 2.24. The maximum atomic E-state index is 6.75. The van der Waals surface area contributed by atoms with Gasteiger partial charge in [-0.05, 0) is 96.1 Å². The third-order valence-corrected chi connectivity index (χ3v) is 13.6. The first-order valence-electron chi connectivity index (χ1n) is 23.8. The zero-order chi connectivity index (χ0) is 46.8. The van der Waals surface area contributed by atoms with Gasteiger partial charge in [-0.1, -0.05) is 158 Å². The molecular weight excluding hydrogens is 869 g/mol. The molecular formula is C64H40N6O. The van der Waals surface area contributed by atoms with E-state index in [1.54, 1.807) is 0 Å². The van der Waals surface area contributed by atoms with Gasteiger partial charge in [0.05, 0.1) is 22.1 Å². The molecule has 7 nitrogen and oxygen atoms in total. The predicted molar refractivity (Wildman–Crippen MR) is 289 cm³/mol. The Hall–Kier alpha value is -9.72. The second kappa shape index (κ2) is 16.5. The number of hydrogen-bond acceptors (Lipinski definition) is 5. The van der Waals surface area contributed by atoms with Crippen LogP contribution in [0.2, 0.25) is 0 Å². The molecule has 332 valence electrons. The summed E-state index contributed by atoms with van der Waals surface area (Å²) in [6.45, 7) is 0. The molecule has 0 atom stereocenters. The number of benzene rings is 10. The zero-order valence-corrected chi connectivity index (χ0v) is 38.2. The van der Waals surface area contributed by atoms with Crippen LogP contribution in [-0.2, 0) is 0 Å². The van der Waals surface area contributed by atoms with Gasteiger partial charge in [0.1, 0.15) is 5.52 Å². The second-order valence-corrected chi connectivity index (χ2v) is 17.8. The van der Waals surface area contributed by atoms with Gasteiger partial charge >= 0.3 is 0 Å². The fourth-order valence-corrected chi connectivity index (χ4v) is 10.5. The molecule has 10 aromatic carbocycles. The van der Waals surface area contributed by atoms with E-state index < -0.39 is 0 Å². The largest absolute Gasteiger partial charge is 0.436 e. The standard InChI is InChI=1S/C64H40N6O/c1-5-19-41(20-6-1)61-66-62(42-21-7-2-8-22-42)68-63(67-61)49-35-36-50(64-65-53-29-15-18-32-58(53)71-64)60(44-34-38-57-52(40-44)48-28-14-17-31-55(48)70(57)46-25-11-4-12-26-46)59(49)43-33-37-56-51(39-43)47-27-13-16-30-54(47)69(56)45-23-9-3-10-24-45/h1-40H. The summed E-state index contributed by atoms with van der Waals surface area (Å²) < 4.78 is 11.5. The van der Waals surface area contributed by atoms with E-state index >= 15 is 0 Å². The molecule has 0 saturated heterocycles. The van der Waals surface area contributed by atoms with Crippen LogP contribution in [0.4, 0.5) is 0 Å². The molecule has 71 heavy (non-hydrogen) atoms. The third-order valence-electron chi connectivity index (χ3n) is 13.6. The van der Waals surface area contributed by atoms with Gasteiger partial charge in [0.15, 0.2) is 23.1 Å². The van der Waals surface area contributed by atoms with E-state index in [1.165, 1.54) is 0 Å². The fraction of sp³-hybridized carbons (Fsp3) is 0. The van der Waals surface area contributed by atoms with Gasteiger partial charge in [0.25, 0.3) is 0 Å². The topological polar surface area (TPSA) is 74.6 Å². The Morgan fingerprint density at radius 3 is 1.25 bits per heavy atom. The molecule has 0 spiro atoms. The van der Waals surface area contributed by atoms with Gasteiger partial charge in [0.2, 0.25) is 5.89 Å². The second-order valence-electron chi connectivity index (χ2n) is 17.8. The number of para-hydroxylation sites is 6. The first kappa shape index (κ1) is 40.4. The molecule has 0 aliphatic rings. The highest BCUT2D eigenvalue weighted by Gasteiger charge is 2.26. The average Bonchev–Trinajstić information content (AvgIpc) is 4.13. The number of hydrogen-bond donors (Lipinski definition) is 0. The Morgan fingerprint density at radius 1 is 0.296 bits per heavy atom. The molecule has 0 aliphatic heterocycles. The summed E-state index contributed by atoms with van der Waals surface area (Å²) in [4.78, 5) is 21.0. The first-order chi connectivity index (χ1) is 35.2. The number of aromatic nitrogens is 6. The highest BCUT2D eigenvalue weighted by atomic mass is 16.3. The van der Waals surface area contributed by atoms with Crippen molar-refractivity contribution in [2.45, 2.75) is 0 Å². The van der Waals surface area contributed by atoms with Crippen molar-refractivity contribution >= 4 is 54.7 Å². The van der Waals surface area contributed by atoms with Gasteiger partial charge in [-0.3, -0.25) is 0 Å². The maximum absolute atomic E-state index is 6.75. The quantitative estimate of drug-likeness (QED) is 0.152. The van der Waals surface area contributed by atoms with Gasteiger partial charge in [-0.15, -0.1) is 0 Å². The van der Waals surface area contributed by atoms with E-state index in [0.29, 0.717) is 28.9 Å². The predicted octanol–water partition coefficient (Wildman–Crippen LogP) is 16.2. The molecule has 0 unspecified atom stereocenters. The van der Waals surface area contributed by atoms with Crippen LogP contribution in [0.15, 0.2) is 247 Å². The molecule has 0 N–H and O–H groups in total. The maximum Gasteiger partial charge on any atom is 0.227 e. The van der Waals surface area contributed by atoms with E-state index in [0.717, 1.165) is 105 Å². The van der Waals surface area contributed by atoms with Gasteiger partial charge in [-0.2, -0.15) is 0 Å². The summed E-state index contributed by atoms with van der Waals surface area (Å²) in [6.07, 6.45) is 0. The van der Waals surface area contributed by atoms with Crippen LogP contribution in [0.1, 0.15) is 0 Å². The first-order valence-corrected chi connectivity index (χ1v) is 23.8. The minimum absolute atomic E-state index is 0.521. The molecule has 7 heteroatoms. The lowest BCUT2D eigenvalue weighted by Gasteiger charge is -2.20. The molecule has 0 saturated carbocycles. The number of rotatable bonds is 8. The van der Waals surface area contributed by atoms with E-state index in [9.17, 15) is 0 Å². The van der Waals surface area contributed by atoms with Crippen LogP contribution >= 0.6 is 0 Å². The molecule has 14 aromatic rings. The monoisotopic (exact) mass is 908 g/mol. The van der Waals surface area contributed by atoms with Crippen molar-refractivity contribution in [3.63, 3.8) is 0 Å². The molecule has 14 rings (SSSR count). The average molecular weight is 909 g/mol. The lowest BCUT2D eigenvalue weighted by Crippen LogP contribution is -2.02. The molecule has 0 aliphatic carbocycles. The van der Waals surface area contributed by atoms with Crippen molar-refractivity contribution < 1.29 is 4.42 Å². The summed E-state index contributed by atoms with van der Waals surface area (Å²) in [5.41, 5.74) is 15.5. The summed E-state index contributed by atoms with van der Waals surface area (Å²) in [7, 11) is 0. The molecule has 0 bridgehead atoms. The normalized spacial score (nSPS) is 11.7. The van der Waals surface area contributed by atoms with E-state index in [2.05, 4.69) is 167 Å². The summed E-state index contributed by atoms with van der Waals surface area (Å²) >= 11 is 0. The Kier molecular flexibility index (Phi) is 9.38. The molecule has 4 heterocycles. The van der Waals surface area contributed by atoms with Crippen molar-refractivity contribution in [2.24, 2.45) is 0 Å². The van der Waals surface area contributed by atoms with Crippen molar-refractivity contribution in [2.75, 3.05) is 0 Å². The van der Waals surface area contributed by atoms with Crippen LogP contribution in [0.5, 0.6) is 0 Å². The van der Waals surface area contributed by atoms with Crippen LogP contribution in [0.3, 0.4) is 0 Å². The SMILES string of the molecule is c1ccc(-c2nc(-c3ccccc3)nc(-c3ccc(-c4nc5ccccc5o4)c(-c4ccc5c(c4)c4ccccc4n5-c4ccccc4)c3-c3ccc4c(c3)c3ccccc3n4-c3ccccc3)n2)cc1. The molecule has 0 radical (unpaired) electrons. The Balaban J connectivity index is 1.12. The Labute approximate surface area is 408 Å². The number of oxazole rings is 1. The van der Waals surface area contributed by atoms with Gasteiger partial charge < -0.3 is 13.6 Å². The smallest absolute Gasteiger partial charge is 0.227 e. The third kappa shape index (κ3) is 6.74. The van der Waals surface area contributed by atoms with Crippen LogP contribution in [-0.4, -0.2) is 29.1 Å². The van der Waals surface area contributed by atoms with E-state index in [1.807, 2.05) is 84.9 Å². The minimum Gasteiger partial charge on any atom is -0.436 e. The lowest BCUT2D eigenvalue weighted by atomic mass is 9.85. The molecule has 0 amide bonds. The zero-order valence-electron chi connectivity index (χ0n) is 38.2.